The van der Waals surface area contributed by atoms with E-state index in [1.165, 1.54) is 28.1 Å². The van der Waals surface area contributed by atoms with Crippen LogP contribution in [0.5, 0.6) is 0 Å². The standard InChI is InChI=1S/C28H33ClN4O/c1-3-32(4-2)26-13-9-22(10-14-26)19-23-11-12-25(28(23)33-15-17-34-18-16-33)21-31-30-20-24-7-5-6-8-27(24)29/h5-10,13-14,19-21H,3-4,11-12,15-18H2,1-2H3. The zero-order chi connectivity index (χ0) is 23.8. The molecule has 0 saturated carbocycles. The van der Waals surface area contributed by atoms with E-state index in [1.807, 2.05) is 30.5 Å². The van der Waals surface area contributed by atoms with Crippen LogP contribution in [0.3, 0.4) is 0 Å². The molecule has 0 amide bonds. The van der Waals surface area contributed by atoms with E-state index in [0.717, 1.165) is 57.8 Å². The number of halogens is 1. The molecular formula is C28H33ClN4O. The topological polar surface area (TPSA) is 40.4 Å². The third-order valence-corrected chi connectivity index (χ3v) is 6.69. The van der Waals surface area contributed by atoms with Crippen LogP contribution >= 0.6 is 11.6 Å². The lowest BCUT2D eigenvalue weighted by Crippen LogP contribution is -2.36. The summed E-state index contributed by atoms with van der Waals surface area (Å²) in [5.74, 6) is 0. The maximum Gasteiger partial charge on any atom is 0.0642 e. The Balaban J connectivity index is 1.58. The fraction of sp³-hybridized carbons (Fsp3) is 0.357. The molecule has 1 fully saturated rings. The van der Waals surface area contributed by atoms with Crippen LogP contribution < -0.4 is 4.90 Å². The van der Waals surface area contributed by atoms with Gasteiger partial charge in [0, 0.05) is 48.1 Å². The molecule has 1 saturated heterocycles. The molecule has 1 aliphatic carbocycles. The van der Waals surface area contributed by atoms with Crippen LogP contribution in [-0.4, -0.2) is 56.7 Å². The molecule has 0 unspecified atom stereocenters. The first-order valence-electron chi connectivity index (χ1n) is 12.1. The third kappa shape index (κ3) is 5.96. The van der Waals surface area contributed by atoms with Crippen LogP contribution in [0.15, 0.2) is 75.6 Å². The third-order valence-electron chi connectivity index (χ3n) is 6.34. The van der Waals surface area contributed by atoms with Crippen LogP contribution in [0.1, 0.15) is 37.8 Å². The first-order chi connectivity index (χ1) is 16.7. The van der Waals surface area contributed by atoms with Crippen molar-refractivity contribution in [1.29, 1.82) is 0 Å². The summed E-state index contributed by atoms with van der Waals surface area (Å²) in [5.41, 5.74) is 7.23. The number of anilines is 1. The zero-order valence-corrected chi connectivity index (χ0v) is 20.8. The molecule has 2 aromatic carbocycles. The van der Waals surface area contributed by atoms with Crippen LogP contribution in [0.25, 0.3) is 6.08 Å². The van der Waals surface area contributed by atoms with Gasteiger partial charge in [-0.2, -0.15) is 10.2 Å². The van der Waals surface area contributed by atoms with Gasteiger partial charge in [-0.25, -0.2) is 0 Å². The summed E-state index contributed by atoms with van der Waals surface area (Å²) in [4.78, 5) is 4.80. The molecule has 2 aliphatic rings. The second-order valence-electron chi connectivity index (χ2n) is 8.42. The smallest absolute Gasteiger partial charge is 0.0642 e. The number of morpholine rings is 1. The predicted octanol–water partition coefficient (Wildman–Crippen LogP) is 6.05. The molecule has 2 aromatic rings. The van der Waals surface area contributed by atoms with E-state index in [-0.39, 0.29) is 0 Å². The summed E-state index contributed by atoms with van der Waals surface area (Å²) in [6.45, 7) is 9.72. The van der Waals surface area contributed by atoms with Crippen molar-refractivity contribution in [1.82, 2.24) is 4.90 Å². The highest BCUT2D eigenvalue weighted by Crippen LogP contribution is 2.35. The molecule has 1 aliphatic heterocycles. The minimum absolute atomic E-state index is 0.674. The number of hydrogen-bond acceptors (Lipinski definition) is 5. The van der Waals surface area contributed by atoms with E-state index in [4.69, 9.17) is 16.3 Å². The Morgan fingerprint density at radius 1 is 0.941 bits per heavy atom. The molecule has 1 heterocycles. The largest absolute Gasteiger partial charge is 0.378 e. The summed E-state index contributed by atoms with van der Waals surface area (Å²) in [6.07, 6.45) is 7.89. The predicted molar refractivity (Wildman–Crippen MR) is 144 cm³/mol. The Hall–Kier alpha value is -2.89. The highest BCUT2D eigenvalue weighted by molar-refractivity contribution is 6.33. The average Bonchev–Trinajstić information content (AvgIpc) is 3.27. The fourth-order valence-corrected chi connectivity index (χ4v) is 4.71. The van der Waals surface area contributed by atoms with Crippen LogP contribution in [0.4, 0.5) is 5.69 Å². The molecule has 178 valence electrons. The van der Waals surface area contributed by atoms with Gasteiger partial charge < -0.3 is 14.5 Å². The van der Waals surface area contributed by atoms with Crippen molar-refractivity contribution in [3.63, 3.8) is 0 Å². The molecular weight excluding hydrogens is 444 g/mol. The number of nitrogens with zero attached hydrogens (tertiary/aromatic N) is 4. The lowest BCUT2D eigenvalue weighted by molar-refractivity contribution is 0.0548. The van der Waals surface area contributed by atoms with Crippen LogP contribution in [-0.2, 0) is 4.74 Å². The molecule has 5 nitrogen and oxygen atoms in total. The normalized spacial score (nSPS) is 18.1. The van der Waals surface area contributed by atoms with Crippen molar-refractivity contribution in [2.24, 2.45) is 10.2 Å². The number of rotatable bonds is 8. The molecule has 0 spiro atoms. The quantitative estimate of drug-likeness (QED) is 0.343. The molecule has 0 bridgehead atoms. The molecule has 34 heavy (non-hydrogen) atoms. The maximum atomic E-state index is 6.21. The van der Waals surface area contributed by atoms with Gasteiger partial charge in [0.25, 0.3) is 0 Å². The average molecular weight is 477 g/mol. The lowest BCUT2D eigenvalue weighted by atomic mass is 10.1. The van der Waals surface area contributed by atoms with Crippen molar-refractivity contribution in [3.05, 3.63) is 81.5 Å². The number of ether oxygens (including phenoxy) is 1. The lowest BCUT2D eigenvalue weighted by Gasteiger charge is -2.31. The summed E-state index contributed by atoms with van der Waals surface area (Å²) in [5, 5.41) is 9.29. The van der Waals surface area contributed by atoms with E-state index in [1.54, 1.807) is 6.21 Å². The molecule has 6 heteroatoms. The Labute approximate surface area is 208 Å². The van der Waals surface area contributed by atoms with Gasteiger partial charge in [-0.3, -0.25) is 0 Å². The Bertz CT molecular complexity index is 1080. The summed E-state index contributed by atoms with van der Waals surface area (Å²) >= 11 is 6.21. The highest BCUT2D eigenvalue weighted by atomic mass is 35.5. The van der Waals surface area contributed by atoms with Gasteiger partial charge in [0.1, 0.15) is 0 Å². The van der Waals surface area contributed by atoms with Gasteiger partial charge in [-0.1, -0.05) is 41.9 Å². The first kappa shape index (κ1) is 24.2. The Morgan fingerprint density at radius 3 is 2.35 bits per heavy atom. The molecule has 0 N–H and O–H groups in total. The van der Waals surface area contributed by atoms with Crippen molar-refractivity contribution in [2.45, 2.75) is 26.7 Å². The van der Waals surface area contributed by atoms with Crippen molar-refractivity contribution in [2.75, 3.05) is 44.3 Å². The molecule has 0 aromatic heterocycles. The van der Waals surface area contributed by atoms with E-state index in [2.05, 4.69) is 64.2 Å². The van der Waals surface area contributed by atoms with Gasteiger partial charge in [-0.15, -0.1) is 0 Å². The Morgan fingerprint density at radius 2 is 1.65 bits per heavy atom. The number of allylic oxidation sites excluding steroid dienone is 2. The first-order valence-corrected chi connectivity index (χ1v) is 12.5. The molecule has 0 radical (unpaired) electrons. The van der Waals surface area contributed by atoms with Crippen molar-refractivity contribution in [3.8, 4) is 0 Å². The minimum Gasteiger partial charge on any atom is -0.378 e. The monoisotopic (exact) mass is 476 g/mol. The SMILES string of the molecule is CCN(CC)c1ccc(C=C2CCC(C=NN=Cc3ccccc3Cl)=C2N2CCOCC2)cc1. The van der Waals surface area contributed by atoms with Crippen LogP contribution in [0, 0.1) is 0 Å². The van der Waals surface area contributed by atoms with Crippen molar-refractivity contribution < 1.29 is 4.74 Å². The van der Waals surface area contributed by atoms with E-state index in [0.29, 0.717) is 5.02 Å². The van der Waals surface area contributed by atoms with Crippen LogP contribution in [0.2, 0.25) is 5.02 Å². The van der Waals surface area contributed by atoms with Gasteiger partial charge in [0.2, 0.25) is 0 Å². The number of hydrogen-bond donors (Lipinski definition) is 0. The molecule has 0 atom stereocenters. The molecule has 4 rings (SSSR count). The maximum absolute atomic E-state index is 6.21. The minimum atomic E-state index is 0.674. The number of benzene rings is 2. The van der Waals surface area contributed by atoms with Gasteiger partial charge in [0.05, 0.1) is 25.6 Å². The summed E-state index contributed by atoms with van der Waals surface area (Å²) < 4.78 is 5.61. The van der Waals surface area contributed by atoms with E-state index in [9.17, 15) is 0 Å². The second-order valence-corrected chi connectivity index (χ2v) is 8.82. The summed E-state index contributed by atoms with van der Waals surface area (Å²) in [6, 6.07) is 16.5. The van der Waals surface area contributed by atoms with Crippen molar-refractivity contribution >= 4 is 35.8 Å². The van der Waals surface area contributed by atoms with Gasteiger partial charge >= 0.3 is 0 Å². The second kappa shape index (κ2) is 12.0. The summed E-state index contributed by atoms with van der Waals surface area (Å²) in [7, 11) is 0. The van der Waals surface area contributed by atoms with E-state index < -0.39 is 0 Å². The van der Waals surface area contributed by atoms with Gasteiger partial charge in [0.15, 0.2) is 0 Å². The zero-order valence-electron chi connectivity index (χ0n) is 20.1. The highest BCUT2D eigenvalue weighted by Gasteiger charge is 2.25. The fourth-order valence-electron chi connectivity index (χ4n) is 4.52. The van der Waals surface area contributed by atoms with Gasteiger partial charge in [-0.05, 0) is 67.7 Å². The Kier molecular flexibility index (Phi) is 8.56. The van der Waals surface area contributed by atoms with E-state index >= 15 is 0 Å².